The van der Waals surface area contributed by atoms with Crippen LogP contribution in [0.15, 0.2) is 36.4 Å². The molecule has 1 unspecified atom stereocenters. The molecule has 2 aromatic carbocycles. The number of nitrogens with zero attached hydrogens (tertiary/aromatic N) is 1. The fraction of sp³-hybridized carbons (Fsp3) is 0.391. The summed E-state index contributed by atoms with van der Waals surface area (Å²) in [6, 6.07) is 5.55. The monoisotopic (exact) mass is 577 g/mol. The lowest BCUT2D eigenvalue weighted by Crippen LogP contribution is -2.50. The molecule has 0 aliphatic rings. The maximum Gasteiger partial charge on any atom is 0.435 e. The Balaban J connectivity index is 2.28. The second-order valence-corrected chi connectivity index (χ2v) is 8.54. The van der Waals surface area contributed by atoms with Crippen molar-refractivity contribution in [2.75, 3.05) is 24.2 Å². The number of carbonyl (C=O) groups excluding carboxylic acids is 2. The molecule has 1 atom stereocenters. The summed E-state index contributed by atoms with van der Waals surface area (Å²) in [7, 11) is 0.756. The third kappa shape index (κ3) is 7.10. The average Bonchev–Trinajstić information content (AvgIpc) is 2.77. The number of halogens is 10. The number of rotatable bonds is 6. The fourth-order valence-electron chi connectivity index (χ4n) is 3.58. The number of aliphatic hydroxyl groups is 1. The van der Waals surface area contributed by atoms with Gasteiger partial charge in [0, 0.05) is 29.5 Å². The van der Waals surface area contributed by atoms with Gasteiger partial charge in [0.2, 0.25) is 0 Å². The smallest absolute Gasteiger partial charge is 0.369 e. The summed E-state index contributed by atoms with van der Waals surface area (Å²) >= 11 is 0. The maximum atomic E-state index is 14.5. The molecule has 0 saturated carbocycles. The summed E-state index contributed by atoms with van der Waals surface area (Å²) in [6.07, 6.45) is -19.1. The van der Waals surface area contributed by atoms with Crippen LogP contribution in [-0.2, 0) is 15.3 Å². The van der Waals surface area contributed by atoms with Gasteiger partial charge < -0.3 is 20.6 Å². The summed E-state index contributed by atoms with van der Waals surface area (Å²) < 4.78 is 131. The molecule has 2 amide bonds. The van der Waals surface area contributed by atoms with E-state index >= 15 is 0 Å². The van der Waals surface area contributed by atoms with E-state index in [1.807, 2.05) is 0 Å². The van der Waals surface area contributed by atoms with E-state index in [1.54, 1.807) is 0 Å². The topological polar surface area (TPSA) is 81.7 Å². The highest BCUT2D eigenvalue weighted by atomic mass is 19.4. The summed E-state index contributed by atoms with van der Waals surface area (Å²) in [4.78, 5) is 24.0. The average molecular weight is 577 g/mol. The Labute approximate surface area is 214 Å². The number of hydrogen-bond donors (Lipinski definition) is 3. The third-order valence-corrected chi connectivity index (χ3v) is 5.41. The zero-order chi connectivity index (χ0) is 30.1. The molecule has 0 fully saturated rings. The minimum atomic E-state index is -6.31. The minimum absolute atomic E-state index is 0.0304. The zero-order valence-corrected chi connectivity index (χ0v) is 20.2. The normalized spacial score (nSPS) is 13.6. The summed E-state index contributed by atoms with van der Waals surface area (Å²) in [5.41, 5.74) is -8.20. The number of likely N-dealkylation sites (N-methyl/N-ethyl adjacent to an activating group) is 1. The Morgan fingerprint density at radius 2 is 1.41 bits per heavy atom. The van der Waals surface area contributed by atoms with Crippen LogP contribution in [0.25, 0.3) is 0 Å². The van der Waals surface area contributed by atoms with E-state index in [1.165, 1.54) is 18.2 Å². The number of benzene rings is 2. The van der Waals surface area contributed by atoms with Gasteiger partial charge in [-0.3, -0.25) is 9.59 Å². The van der Waals surface area contributed by atoms with Gasteiger partial charge in [0.15, 0.2) is 6.23 Å². The van der Waals surface area contributed by atoms with Crippen LogP contribution < -0.4 is 10.6 Å². The molecule has 6 nitrogen and oxygen atoms in total. The predicted octanol–water partition coefficient (Wildman–Crippen LogP) is 5.66. The number of anilines is 2. The predicted molar refractivity (Wildman–Crippen MR) is 118 cm³/mol. The molecule has 0 heterocycles. The molecule has 216 valence electrons. The number of nitrogens with one attached hydrogen (secondary N) is 2. The van der Waals surface area contributed by atoms with Gasteiger partial charge in [-0.25, -0.2) is 4.39 Å². The van der Waals surface area contributed by atoms with Crippen molar-refractivity contribution >= 4 is 23.2 Å². The first-order valence-corrected chi connectivity index (χ1v) is 10.7. The van der Waals surface area contributed by atoms with Crippen LogP contribution in [0.4, 0.5) is 55.3 Å². The van der Waals surface area contributed by atoms with E-state index in [-0.39, 0.29) is 33.0 Å². The Morgan fingerprint density at radius 1 is 0.897 bits per heavy atom. The van der Waals surface area contributed by atoms with Gasteiger partial charge in [-0.15, -0.1) is 0 Å². The number of aryl methyl sites for hydroxylation is 2. The van der Waals surface area contributed by atoms with Crippen LogP contribution in [0.3, 0.4) is 0 Å². The van der Waals surface area contributed by atoms with Crippen LogP contribution >= 0.6 is 0 Å². The first kappa shape index (κ1) is 31.7. The van der Waals surface area contributed by atoms with Crippen LogP contribution in [0, 0.1) is 13.8 Å². The van der Waals surface area contributed by atoms with E-state index < -0.39 is 54.3 Å². The van der Waals surface area contributed by atoms with Gasteiger partial charge in [0.05, 0.1) is 0 Å². The van der Waals surface area contributed by atoms with Gasteiger partial charge in [0.25, 0.3) is 0 Å². The highest BCUT2D eigenvalue weighted by Gasteiger charge is 2.73. The van der Waals surface area contributed by atoms with Crippen molar-refractivity contribution in [1.29, 1.82) is 0 Å². The van der Waals surface area contributed by atoms with Crippen LogP contribution in [0.2, 0.25) is 0 Å². The quantitative estimate of drug-likeness (QED) is 0.235. The molecule has 0 aliphatic heterocycles. The first-order valence-electron chi connectivity index (χ1n) is 10.7. The molecule has 2 aromatic rings. The molecule has 2 rings (SSSR count). The lowest BCUT2D eigenvalue weighted by molar-refractivity contribution is -0.348. The first-order chi connectivity index (χ1) is 17.6. The second-order valence-electron chi connectivity index (χ2n) is 8.54. The number of carbonyl (C=O) groups is 2. The van der Waals surface area contributed by atoms with Gasteiger partial charge >= 0.3 is 36.0 Å². The Hall–Kier alpha value is -3.56. The van der Waals surface area contributed by atoms with Crippen LogP contribution in [-0.4, -0.2) is 53.9 Å². The van der Waals surface area contributed by atoms with Crippen molar-refractivity contribution in [3.8, 4) is 0 Å². The molecular weight excluding hydrogens is 556 g/mol. The summed E-state index contributed by atoms with van der Waals surface area (Å²) in [6.45, 7) is 0.478. The van der Waals surface area contributed by atoms with Crippen molar-refractivity contribution < 1.29 is 58.6 Å². The van der Waals surface area contributed by atoms with Crippen molar-refractivity contribution in [1.82, 2.24) is 4.90 Å². The van der Waals surface area contributed by atoms with Gasteiger partial charge in [-0.1, -0.05) is 24.3 Å². The van der Waals surface area contributed by atoms with Crippen molar-refractivity contribution in [3.05, 3.63) is 58.7 Å². The van der Waals surface area contributed by atoms with Gasteiger partial charge in [0.1, 0.15) is 6.54 Å². The molecule has 0 bridgehead atoms. The molecule has 0 radical (unpaired) electrons. The van der Waals surface area contributed by atoms with Crippen molar-refractivity contribution in [3.63, 3.8) is 0 Å². The minimum Gasteiger partial charge on any atom is -0.369 e. The van der Waals surface area contributed by atoms with Gasteiger partial charge in [-0.05, 0) is 37.1 Å². The third-order valence-electron chi connectivity index (χ3n) is 5.41. The van der Waals surface area contributed by atoms with E-state index in [0.717, 1.165) is 27.0 Å². The number of amides is 2. The molecule has 0 aromatic heterocycles. The van der Waals surface area contributed by atoms with E-state index in [9.17, 15) is 58.6 Å². The molecular formula is C23H21F10N3O3. The molecule has 0 spiro atoms. The lowest BCUT2D eigenvalue weighted by atomic mass is 9.90. The Kier molecular flexibility index (Phi) is 8.85. The highest BCUT2D eigenvalue weighted by molar-refractivity contribution is 6.39. The highest BCUT2D eigenvalue weighted by Crippen LogP contribution is 2.53. The maximum absolute atomic E-state index is 14.5. The molecule has 0 aliphatic carbocycles. The SMILES string of the molecule is Cc1cc(C(F)(C(F)(F)F)C(F)(F)F)cc(C)c1NC(O)c1cccc(NC(=O)C(=O)N(C)CC(F)(F)F)c1. The number of hydrogen-bond acceptors (Lipinski definition) is 4. The summed E-state index contributed by atoms with van der Waals surface area (Å²) in [5.74, 6) is -2.93. The molecule has 0 saturated heterocycles. The zero-order valence-electron chi connectivity index (χ0n) is 20.2. The van der Waals surface area contributed by atoms with E-state index in [0.29, 0.717) is 12.1 Å². The van der Waals surface area contributed by atoms with Crippen LogP contribution in [0.5, 0.6) is 0 Å². The molecule has 3 N–H and O–H groups in total. The standard InChI is InChI=1S/C23H21F10N3O3/c1-11-7-14(21(27,22(28,29)30)23(31,32)33)8-12(2)16(11)35-17(37)13-5-4-6-15(9-13)34-18(38)19(39)36(3)10-20(24,25)26/h4-9,17,35,37H,10H2,1-3H3,(H,34,38). The second kappa shape index (κ2) is 10.9. The van der Waals surface area contributed by atoms with Crippen molar-refractivity contribution in [2.24, 2.45) is 0 Å². The Bertz CT molecular complexity index is 1190. The number of aliphatic hydroxyl groups excluding tert-OH is 1. The largest absolute Gasteiger partial charge is 0.435 e. The van der Waals surface area contributed by atoms with E-state index in [2.05, 4.69) is 10.6 Å². The van der Waals surface area contributed by atoms with E-state index in [4.69, 9.17) is 0 Å². The fourth-order valence-corrected chi connectivity index (χ4v) is 3.58. The number of alkyl halides is 10. The molecule has 16 heteroatoms. The molecule has 39 heavy (non-hydrogen) atoms. The van der Waals surface area contributed by atoms with Crippen LogP contribution in [0.1, 0.15) is 28.5 Å². The summed E-state index contributed by atoms with van der Waals surface area (Å²) in [5, 5.41) is 15.0. The van der Waals surface area contributed by atoms with Gasteiger partial charge in [-0.2, -0.15) is 39.5 Å². The Morgan fingerprint density at radius 3 is 1.87 bits per heavy atom. The van der Waals surface area contributed by atoms with Crippen molar-refractivity contribution in [2.45, 2.75) is 44.3 Å². The lowest BCUT2D eigenvalue weighted by Gasteiger charge is -2.31.